The zero-order valence-electron chi connectivity index (χ0n) is 20.1. The number of amides is 1. The van der Waals surface area contributed by atoms with Gasteiger partial charge in [-0.25, -0.2) is 21.1 Å². The van der Waals surface area contributed by atoms with Gasteiger partial charge >= 0.3 is 0 Å². The van der Waals surface area contributed by atoms with Crippen LogP contribution >= 0.6 is 15.9 Å². The minimum atomic E-state index is -3.54. The van der Waals surface area contributed by atoms with Crippen LogP contribution in [0.25, 0.3) is 0 Å². The molecular formula is C25H32BrN3O5S2. The predicted molar refractivity (Wildman–Crippen MR) is 143 cm³/mol. The van der Waals surface area contributed by atoms with Crippen LogP contribution in [0.1, 0.15) is 44.1 Å². The normalized spacial score (nSPS) is 19.0. The van der Waals surface area contributed by atoms with Gasteiger partial charge in [0.05, 0.1) is 10.6 Å². The van der Waals surface area contributed by atoms with Crippen LogP contribution < -0.4 is 5.32 Å². The van der Waals surface area contributed by atoms with Crippen molar-refractivity contribution in [1.29, 1.82) is 0 Å². The first-order valence-corrected chi connectivity index (χ1v) is 16.1. The molecule has 0 aliphatic carbocycles. The SMILES string of the molecule is O=C(Nc1ccc(S(=O)(=O)N2CCCCCC2)cc1)C1CCN(S(=O)(=O)Cc2cccc(Br)c2)CC1. The Hall–Kier alpha value is -1.79. The number of carbonyl (C=O) groups is 1. The number of piperidine rings is 1. The van der Waals surface area contributed by atoms with Gasteiger partial charge in [-0.05, 0) is 67.6 Å². The molecule has 2 aromatic rings. The van der Waals surface area contributed by atoms with Crippen molar-refractivity contribution in [2.24, 2.45) is 5.92 Å². The van der Waals surface area contributed by atoms with E-state index in [1.807, 2.05) is 12.1 Å². The Bertz CT molecular complexity index is 1270. The zero-order chi connectivity index (χ0) is 25.8. The Kier molecular flexibility index (Phi) is 8.87. The Balaban J connectivity index is 1.31. The predicted octanol–water partition coefficient (Wildman–Crippen LogP) is 4.19. The Morgan fingerprint density at radius 1 is 0.861 bits per heavy atom. The fraction of sp³-hybridized carbons (Fsp3) is 0.480. The molecule has 11 heteroatoms. The third-order valence-corrected chi connectivity index (χ3v) is 11.0. The average molecular weight is 599 g/mol. The standard InChI is InChI=1S/C25H32BrN3O5S2/c26-22-7-5-6-20(18-22)19-35(31,32)28-16-12-21(13-17-28)25(30)27-23-8-10-24(11-9-23)36(33,34)29-14-3-1-2-4-15-29/h5-11,18,21H,1-4,12-17,19H2,(H,27,30). The highest BCUT2D eigenvalue weighted by Crippen LogP contribution is 2.25. The maximum Gasteiger partial charge on any atom is 0.243 e. The smallest absolute Gasteiger partial charge is 0.243 e. The first-order chi connectivity index (χ1) is 17.1. The molecule has 0 saturated carbocycles. The fourth-order valence-corrected chi connectivity index (χ4v) is 8.22. The summed E-state index contributed by atoms with van der Waals surface area (Å²) >= 11 is 3.37. The van der Waals surface area contributed by atoms with Crippen LogP contribution in [-0.2, 0) is 30.6 Å². The topological polar surface area (TPSA) is 104 Å². The van der Waals surface area contributed by atoms with Crippen molar-refractivity contribution in [3.63, 3.8) is 0 Å². The summed E-state index contributed by atoms with van der Waals surface area (Å²) in [6, 6.07) is 13.5. The molecule has 2 heterocycles. The second kappa shape index (κ2) is 11.7. The highest BCUT2D eigenvalue weighted by atomic mass is 79.9. The third kappa shape index (κ3) is 6.74. The van der Waals surface area contributed by atoms with Gasteiger partial charge in [0.15, 0.2) is 0 Å². The second-order valence-corrected chi connectivity index (χ2v) is 14.2. The van der Waals surface area contributed by atoms with Crippen molar-refractivity contribution in [3.8, 4) is 0 Å². The van der Waals surface area contributed by atoms with E-state index in [1.54, 1.807) is 28.6 Å². The molecule has 2 aliphatic heterocycles. The number of anilines is 1. The van der Waals surface area contributed by atoms with Crippen molar-refractivity contribution >= 4 is 47.6 Å². The number of halogens is 1. The summed E-state index contributed by atoms with van der Waals surface area (Å²) in [5.41, 5.74) is 1.24. The highest BCUT2D eigenvalue weighted by Gasteiger charge is 2.31. The summed E-state index contributed by atoms with van der Waals surface area (Å²) in [4.78, 5) is 13.0. The minimum Gasteiger partial charge on any atom is -0.326 e. The Morgan fingerprint density at radius 2 is 1.50 bits per heavy atom. The van der Waals surface area contributed by atoms with E-state index in [-0.39, 0.29) is 22.5 Å². The van der Waals surface area contributed by atoms with Gasteiger partial charge in [0.25, 0.3) is 0 Å². The summed E-state index contributed by atoms with van der Waals surface area (Å²) in [5, 5.41) is 2.86. The van der Waals surface area contributed by atoms with E-state index in [0.717, 1.165) is 30.2 Å². The molecule has 1 amide bonds. The molecule has 0 unspecified atom stereocenters. The molecule has 2 fully saturated rings. The molecule has 0 bridgehead atoms. The van der Waals surface area contributed by atoms with Crippen LogP contribution in [0.2, 0.25) is 0 Å². The molecule has 8 nitrogen and oxygen atoms in total. The maximum atomic E-state index is 12.9. The van der Waals surface area contributed by atoms with Crippen LogP contribution in [0, 0.1) is 5.92 Å². The van der Waals surface area contributed by atoms with Gasteiger partial charge < -0.3 is 5.32 Å². The number of nitrogens with zero attached hydrogens (tertiary/aromatic N) is 2. The fourth-order valence-electron chi connectivity index (χ4n) is 4.71. The average Bonchev–Trinajstić information content (AvgIpc) is 3.15. The summed E-state index contributed by atoms with van der Waals surface area (Å²) in [7, 11) is -7.01. The monoisotopic (exact) mass is 597 g/mol. The van der Waals surface area contributed by atoms with E-state index in [0.29, 0.717) is 50.3 Å². The Morgan fingerprint density at radius 3 is 2.11 bits per heavy atom. The van der Waals surface area contributed by atoms with Gasteiger partial charge in [-0.1, -0.05) is 40.9 Å². The molecule has 2 saturated heterocycles. The lowest BCUT2D eigenvalue weighted by atomic mass is 9.97. The number of hydrogen-bond donors (Lipinski definition) is 1. The van der Waals surface area contributed by atoms with Gasteiger partial charge in [-0.15, -0.1) is 0 Å². The van der Waals surface area contributed by atoms with Crippen LogP contribution in [0.3, 0.4) is 0 Å². The molecule has 0 spiro atoms. The quantitative estimate of drug-likeness (QED) is 0.515. The number of benzene rings is 2. The summed E-state index contributed by atoms with van der Waals surface area (Å²) in [6.45, 7) is 1.67. The molecule has 4 rings (SSSR count). The molecule has 1 N–H and O–H groups in total. The number of nitrogens with one attached hydrogen (secondary N) is 1. The minimum absolute atomic E-state index is 0.0734. The van der Waals surface area contributed by atoms with Crippen molar-refractivity contribution in [1.82, 2.24) is 8.61 Å². The molecule has 2 aliphatic rings. The molecule has 2 aromatic carbocycles. The van der Waals surface area contributed by atoms with Gasteiger partial charge in [-0.3, -0.25) is 4.79 Å². The van der Waals surface area contributed by atoms with Crippen molar-refractivity contribution in [3.05, 3.63) is 58.6 Å². The number of sulfonamides is 2. The van der Waals surface area contributed by atoms with Crippen LogP contribution in [0.5, 0.6) is 0 Å². The van der Waals surface area contributed by atoms with E-state index < -0.39 is 20.0 Å². The van der Waals surface area contributed by atoms with Crippen LogP contribution in [0.4, 0.5) is 5.69 Å². The van der Waals surface area contributed by atoms with Gasteiger partial charge in [0.1, 0.15) is 0 Å². The van der Waals surface area contributed by atoms with E-state index in [9.17, 15) is 21.6 Å². The molecular weight excluding hydrogens is 566 g/mol. The van der Waals surface area contributed by atoms with E-state index in [4.69, 9.17) is 0 Å². The molecule has 0 atom stereocenters. The number of rotatable bonds is 7. The van der Waals surface area contributed by atoms with Crippen molar-refractivity contribution < 1.29 is 21.6 Å². The molecule has 36 heavy (non-hydrogen) atoms. The lowest BCUT2D eigenvalue weighted by Crippen LogP contribution is -2.41. The first-order valence-electron chi connectivity index (χ1n) is 12.3. The second-order valence-electron chi connectivity index (χ2n) is 9.39. The molecule has 0 radical (unpaired) electrons. The van der Waals surface area contributed by atoms with Gasteiger partial charge in [0, 0.05) is 42.3 Å². The van der Waals surface area contributed by atoms with E-state index in [1.165, 1.54) is 16.4 Å². The molecule has 0 aromatic heterocycles. The van der Waals surface area contributed by atoms with Gasteiger partial charge in [0.2, 0.25) is 26.0 Å². The lowest BCUT2D eigenvalue weighted by Gasteiger charge is -2.30. The van der Waals surface area contributed by atoms with Crippen molar-refractivity contribution in [2.75, 3.05) is 31.5 Å². The van der Waals surface area contributed by atoms with E-state index in [2.05, 4.69) is 21.2 Å². The number of carbonyl (C=O) groups excluding carboxylic acids is 1. The summed E-state index contributed by atoms with van der Waals surface area (Å²) < 4.78 is 55.4. The summed E-state index contributed by atoms with van der Waals surface area (Å²) in [6.07, 6.45) is 4.71. The van der Waals surface area contributed by atoms with Crippen LogP contribution in [0.15, 0.2) is 57.9 Å². The van der Waals surface area contributed by atoms with Crippen LogP contribution in [-0.4, -0.2) is 57.5 Å². The molecule has 196 valence electrons. The number of hydrogen-bond acceptors (Lipinski definition) is 5. The highest BCUT2D eigenvalue weighted by molar-refractivity contribution is 9.10. The maximum absolute atomic E-state index is 12.9. The summed E-state index contributed by atoms with van der Waals surface area (Å²) in [5.74, 6) is -0.555. The lowest BCUT2D eigenvalue weighted by molar-refractivity contribution is -0.120. The first kappa shape index (κ1) is 27.3. The van der Waals surface area contributed by atoms with Gasteiger partial charge in [-0.2, -0.15) is 4.31 Å². The van der Waals surface area contributed by atoms with Crippen molar-refractivity contribution in [2.45, 2.75) is 49.2 Å². The van der Waals surface area contributed by atoms with E-state index >= 15 is 0 Å². The Labute approximate surface area is 222 Å². The largest absolute Gasteiger partial charge is 0.326 e. The zero-order valence-corrected chi connectivity index (χ0v) is 23.3. The third-order valence-electron chi connectivity index (χ3n) is 6.78.